The molecule has 0 spiro atoms. The van der Waals surface area contributed by atoms with E-state index in [1.54, 1.807) is 0 Å². The Morgan fingerprint density at radius 2 is 1.88 bits per heavy atom. The first kappa shape index (κ1) is 14.3. The van der Waals surface area contributed by atoms with Gasteiger partial charge in [0.25, 0.3) is 5.69 Å². The van der Waals surface area contributed by atoms with E-state index in [1.165, 1.54) is 31.2 Å². The number of nitro benzene ring substituents is 1. The van der Waals surface area contributed by atoms with Crippen LogP contribution in [-0.4, -0.2) is 16.0 Å². The summed E-state index contributed by atoms with van der Waals surface area (Å²) in [7, 11) is 0. The number of benzene rings is 1. The average molecular weight is 247 g/mol. The third-order valence-corrected chi connectivity index (χ3v) is 2.12. The molecule has 0 saturated carbocycles. The number of nitrogens with two attached hydrogens (primary N) is 1. The number of carbonyl (C=O) groups is 1. The lowest BCUT2D eigenvalue weighted by Crippen LogP contribution is -2.41. The van der Waals surface area contributed by atoms with E-state index in [-0.39, 0.29) is 18.1 Å². The van der Waals surface area contributed by atoms with Gasteiger partial charge in [0, 0.05) is 12.1 Å². The van der Waals surface area contributed by atoms with Gasteiger partial charge in [-0.2, -0.15) is 0 Å². The Bertz CT molecular complexity index is 402. The van der Waals surface area contributed by atoms with Gasteiger partial charge in [0.05, 0.1) is 4.92 Å². The van der Waals surface area contributed by atoms with E-state index in [0.29, 0.717) is 5.56 Å². The summed E-state index contributed by atoms with van der Waals surface area (Å²) in [5, 5.41) is 19.2. The fraction of sp³-hybridized carbons (Fsp3) is 0.222. The smallest absolute Gasteiger partial charge is 0.328 e. The number of carboxylic acids is 1. The van der Waals surface area contributed by atoms with Gasteiger partial charge in [0.1, 0.15) is 5.54 Å². The van der Waals surface area contributed by atoms with Gasteiger partial charge in [-0.3, -0.25) is 10.1 Å². The van der Waals surface area contributed by atoms with Gasteiger partial charge in [-0.15, -0.1) is 12.4 Å². The summed E-state index contributed by atoms with van der Waals surface area (Å²) in [6.07, 6.45) is 0. The van der Waals surface area contributed by atoms with Crippen LogP contribution in [0.1, 0.15) is 12.5 Å². The van der Waals surface area contributed by atoms with Crippen LogP contribution >= 0.6 is 12.4 Å². The zero-order valence-electron chi connectivity index (χ0n) is 8.41. The number of hydrogen-bond acceptors (Lipinski definition) is 4. The molecular weight excluding hydrogens is 236 g/mol. The topological polar surface area (TPSA) is 106 Å². The lowest BCUT2D eigenvalue weighted by Gasteiger charge is -2.19. The number of rotatable bonds is 3. The molecule has 0 amide bonds. The van der Waals surface area contributed by atoms with Gasteiger partial charge < -0.3 is 10.8 Å². The van der Waals surface area contributed by atoms with Crippen molar-refractivity contribution < 1.29 is 14.8 Å². The lowest BCUT2D eigenvalue weighted by molar-refractivity contribution is -0.384. The highest BCUT2D eigenvalue weighted by molar-refractivity contribution is 5.85. The molecule has 0 radical (unpaired) electrons. The Hall–Kier alpha value is -1.66. The second kappa shape index (κ2) is 4.91. The van der Waals surface area contributed by atoms with Gasteiger partial charge in [-0.05, 0) is 24.6 Å². The van der Waals surface area contributed by atoms with Crippen molar-refractivity contribution in [3.63, 3.8) is 0 Å². The number of aliphatic carboxylic acids is 1. The number of nitro groups is 1. The molecule has 6 nitrogen and oxygen atoms in total. The van der Waals surface area contributed by atoms with Crippen LogP contribution in [0.5, 0.6) is 0 Å². The van der Waals surface area contributed by atoms with Crippen LogP contribution in [0, 0.1) is 10.1 Å². The summed E-state index contributed by atoms with van der Waals surface area (Å²) in [5.41, 5.74) is 4.23. The van der Waals surface area contributed by atoms with Crippen molar-refractivity contribution in [3.05, 3.63) is 39.9 Å². The second-order valence-electron chi connectivity index (χ2n) is 3.31. The lowest BCUT2D eigenvalue weighted by atomic mass is 9.93. The van der Waals surface area contributed by atoms with E-state index in [0.717, 1.165) is 0 Å². The standard InChI is InChI=1S/C9H10N2O4.ClH/c1-9(10,8(12)13)6-2-4-7(5-3-6)11(14)15;/h2-5H,10H2,1H3,(H,12,13);1H/t9-;/m1./s1. The van der Waals surface area contributed by atoms with E-state index in [2.05, 4.69) is 0 Å². The van der Waals surface area contributed by atoms with E-state index in [1.807, 2.05) is 0 Å². The summed E-state index contributed by atoms with van der Waals surface area (Å²) in [6, 6.07) is 5.13. The largest absolute Gasteiger partial charge is 0.480 e. The molecular formula is C9H11ClN2O4. The third-order valence-electron chi connectivity index (χ3n) is 2.12. The van der Waals surface area contributed by atoms with E-state index in [9.17, 15) is 14.9 Å². The van der Waals surface area contributed by atoms with Gasteiger partial charge in [-0.25, -0.2) is 4.79 Å². The van der Waals surface area contributed by atoms with Crippen molar-refractivity contribution in [2.45, 2.75) is 12.5 Å². The van der Waals surface area contributed by atoms with Gasteiger partial charge >= 0.3 is 5.97 Å². The fourth-order valence-electron chi connectivity index (χ4n) is 1.05. The molecule has 0 saturated heterocycles. The minimum absolute atomic E-state index is 0. The van der Waals surface area contributed by atoms with Gasteiger partial charge in [-0.1, -0.05) is 0 Å². The average Bonchev–Trinajstić information content (AvgIpc) is 2.17. The summed E-state index contributed by atoms with van der Waals surface area (Å²) >= 11 is 0. The van der Waals surface area contributed by atoms with E-state index in [4.69, 9.17) is 10.8 Å². The molecule has 0 aromatic heterocycles. The first-order valence-electron chi connectivity index (χ1n) is 4.13. The normalized spacial score (nSPS) is 13.4. The van der Waals surface area contributed by atoms with Gasteiger partial charge in [0.2, 0.25) is 0 Å². The van der Waals surface area contributed by atoms with Crippen molar-refractivity contribution in [2.24, 2.45) is 5.73 Å². The maximum Gasteiger partial charge on any atom is 0.328 e. The van der Waals surface area contributed by atoms with Crippen LogP contribution in [0.4, 0.5) is 5.69 Å². The highest BCUT2D eigenvalue weighted by Crippen LogP contribution is 2.20. The molecule has 1 aromatic rings. The van der Waals surface area contributed by atoms with Crippen LogP contribution in [-0.2, 0) is 10.3 Å². The molecule has 7 heteroatoms. The first-order valence-corrected chi connectivity index (χ1v) is 4.13. The Morgan fingerprint density at radius 1 is 1.44 bits per heavy atom. The minimum atomic E-state index is -1.53. The van der Waals surface area contributed by atoms with E-state index >= 15 is 0 Å². The first-order chi connectivity index (χ1) is 6.85. The summed E-state index contributed by atoms with van der Waals surface area (Å²) < 4.78 is 0. The maximum atomic E-state index is 10.8. The molecule has 0 fully saturated rings. The molecule has 0 aliphatic rings. The highest BCUT2D eigenvalue weighted by atomic mass is 35.5. The van der Waals surface area contributed by atoms with Crippen LogP contribution in [0.3, 0.4) is 0 Å². The SMILES string of the molecule is C[C@](N)(C(=O)O)c1ccc([N+](=O)[O-])cc1.Cl. The highest BCUT2D eigenvalue weighted by Gasteiger charge is 2.30. The molecule has 0 heterocycles. The number of hydrogen-bond donors (Lipinski definition) is 2. The van der Waals surface area contributed by atoms with E-state index < -0.39 is 16.4 Å². The molecule has 1 atom stereocenters. The molecule has 0 aliphatic carbocycles. The van der Waals surface area contributed by atoms with Crippen molar-refractivity contribution in [1.82, 2.24) is 0 Å². The predicted octanol–water partition coefficient (Wildman–Crippen LogP) is 1.28. The Labute approximate surface area is 97.6 Å². The molecule has 3 N–H and O–H groups in total. The van der Waals surface area contributed by atoms with Crippen molar-refractivity contribution in [2.75, 3.05) is 0 Å². The Balaban J connectivity index is 0.00000225. The molecule has 0 unspecified atom stereocenters. The molecule has 1 aromatic carbocycles. The van der Waals surface area contributed by atoms with Crippen molar-refractivity contribution >= 4 is 24.1 Å². The zero-order valence-corrected chi connectivity index (χ0v) is 9.23. The van der Waals surface area contributed by atoms with Crippen LogP contribution in [0.25, 0.3) is 0 Å². The van der Waals surface area contributed by atoms with Crippen LogP contribution in [0.15, 0.2) is 24.3 Å². The molecule has 88 valence electrons. The quantitative estimate of drug-likeness (QED) is 0.617. The summed E-state index contributed by atoms with van der Waals surface area (Å²) in [5.74, 6) is -1.18. The van der Waals surface area contributed by atoms with Crippen LogP contribution < -0.4 is 5.73 Å². The third kappa shape index (κ3) is 2.68. The summed E-state index contributed by atoms with van der Waals surface area (Å²) in [6.45, 7) is 1.33. The zero-order chi connectivity index (χ0) is 11.6. The molecule has 16 heavy (non-hydrogen) atoms. The fourth-order valence-corrected chi connectivity index (χ4v) is 1.05. The molecule has 1 rings (SSSR count). The number of nitrogens with zero attached hydrogens (tertiary/aromatic N) is 1. The Kier molecular flexibility index (Phi) is 4.40. The number of halogens is 1. The summed E-state index contributed by atoms with van der Waals surface area (Å²) in [4.78, 5) is 20.6. The molecule has 0 bridgehead atoms. The second-order valence-corrected chi connectivity index (χ2v) is 3.31. The van der Waals surface area contributed by atoms with Crippen molar-refractivity contribution in [1.29, 1.82) is 0 Å². The Morgan fingerprint density at radius 3 is 2.19 bits per heavy atom. The van der Waals surface area contributed by atoms with Crippen LogP contribution in [0.2, 0.25) is 0 Å². The molecule has 0 aliphatic heterocycles. The minimum Gasteiger partial charge on any atom is -0.480 e. The van der Waals surface area contributed by atoms with Gasteiger partial charge in [0.15, 0.2) is 0 Å². The van der Waals surface area contributed by atoms with Crippen molar-refractivity contribution in [3.8, 4) is 0 Å². The monoisotopic (exact) mass is 246 g/mol. The predicted molar refractivity (Wildman–Crippen MR) is 59.5 cm³/mol. The number of carboxylic acid groups (broad SMARTS) is 1. The number of non-ortho nitro benzene ring substituents is 1. The maximum absolute atomic E-state index is 10.8.